The lowest BCUT2D eigenvalue weighted by atomic mass is 9.78. The van der Waals surface area contributed by atoms with E-state index in [4.69, 9.17) is 4.74 Å². The van der Waals surface area contributed by atoms with Gasteiger partial charge in [0.25, 0.3) is 0 Å². The molecule has 8 heteroatoms. The number of ether oxygens (including phenoxy) is 1. The van der Waals surface area contributed by atoms with E-state index < -0.39 is 17.4 Å². The number of fused-ring (bicyclic) bond motifs is 1. The van der Waals surface area contributed by atoms with Gasteiger partial charge < -0.3 is 14.5 Å². The average molecular weight is 511 g/mol. The largest absolute Gasteiger partial charge is 0.444 e. The van der Waals surface area contributed by atoms with Gasteiger partial charge in [0, 0.05) is 74.4 Å². The Morgan fingerprint density at radius 1 is 0.946 bits per heavy atom. The predicted octanol–water partition coefficient (Wildman–Crippen LogP) is 4.48. The molecule has 0 spiro atoms. The van der Waals surface area contributed by atoms with Crippen LogP contribution in [0.5, 0.6) is 0 Å². The topological polar surface area (TPSA) is 101 Å². The zero-order valence-electron chi connectivity index (χ0n) is 22.4. The molecule has 2 aliphatic carbocycles. The van der Waals surface area contributed by atoms with E-state index in [-0.39, 0.29) is 48.0 Å². The first-order valence-corrected chi connectivity index (χ1v) is 13.5. The quantitative estimate of drug-likeness (QED) is 0.436. The number of carbonyl (C=O) groups is 5. The predicted molar refractivity (Wildman–Crippen MR) is 139 cm³/mol. The van der Waals surface area contributed by atoms with Gasteiger partial charge in [-0.15, -0.1) is 0 Å². The summed E-state index contributed by atoms with van der Waals surface area (Å²) in [7, 11) is 0. The second-order valence-corrected chi connectivity index (χ2v) is 11.5. The monoisotopic (exact) mass is 510 g/mol. The first-order valence-electron chi connectivity index (χ1n) is 13.5. The molecule has 4 rings (SSSR count). The lowest BCUT2D eigenvalue weighted by Crippen LogP contribution is -2.50. The molecule has 1 amide bonds. The van der Waals surface area contributed by atoms with E-state index in [2.05, 4.69) is 0 Å². The van der Waals surface area contributed by atoms with Crippen LogP contribution in [0.4, 0.5) is 10.5 Å². The third kappa shape index (κ3) is 5.78. The second-order valence-electron chi connectivity index (χ2n) is 11.5. The Kier molecular flexibility index (Phi) is 7.85. The highest BCUT2D eigenvalue weighted by Crippen LogP contribution is 2.38. The molecule has 1 aromatic carbocycles. The molecule has 1 aromatic rings. The number of anilines is 1. The number of piperazine rings is 1. The Bertz CT molecular complexity index is 1100. The maximum atomic E-state index is 13.8. The average Bonchev–Trinajstić information content (AvgIpc) is 3.08. The fourth-order valence-corrected chi connectivity index (χ4v) is 5.85. The van der Waals surface area contributed by atoms with Crippen molar-refractivity contribution in [2.75, 3.05) is 31.1 Å². The van der Waals surface area contributed by atoms with Crippen LogP contribution in [0.25, 0.3) is 0 Å². The minimum absolute atomic E-state index is 0.0265. The summed E-state index contributed by atoms with van der Waals surface area (Å²) in [6.07, 6.45) is 1.65. The molecule has 2 fully saturated rings. The number of Topliss-reactive ketones (excluding diaryl/α,β-unsaturated/α-hetero) is 4. The summed E-state index contributed by atoms with van der Waals surface area (Å²) in [4.78, 5) is 68.9. The van der Waals surface area contributed by atoms with Gasteiger partial charge in [0.15, 0.2) is 11.6 Å². The SMILES string of the molecule is CCC1CC(=O)C(C2CCC(=O)c3c(cccc3N3CCN(C(=O)OC(C)(C)C)CC3)C2=O)CCC1=O. The van der Waals surface area contributed by atoms with Crippen molar-refractivity contribution < 1.29 is 28.7 Å². The normalized spacial score (nSPS) is 25.5. The Hall–Kier alpha value is -3.03. The summed E-state index contributed by atoms with van der Waals surface area (Å²) in [6, 6.07) is 5.33. The number of nitrogens with zero attached hydrogens (tertiary/aromatic N) is 2. The van der Waals surface area contributed by atoms with Crippen molar-refractivity contribution in [1.29, 1.82) is 0 Å². The van der Waals surface area contributed by atoms with Crippen molar-refractivity contribution in [2.24, 2.45) is 17.8 Å². The molecule has 3 atom stereocenters. The van der Waals surface area contributed by atoms with Gasteiger partial charge in [0.1, 0.15) is 17.2 Å². The minimum Gasteiger partial charge on any atom is -0.444 e. The smallest absolute Gasteiger partial charge is 0.410 e. The van der Waals surface area contributed by atoms with Crippen LogP contribution in [0.3, 0.4) is 0 Å². The van der Waals surface area contributed by atoms with Crippen LogP contribution in [0, 0.1) is 17.8 Å². The number of hydrogen-bond donors (Lipinski definition) is 0. The Balaban J connectivity index is 1.55. The van der Waals surface area contributed by atoms with E-state index in [0.717, 1.165) is 0 Å². The number of amides is 1. The van der Waals surface area contributed by atoms with Gasteiger partial charge in [-0.1, -0.05) is 19.1 Å². The van der Waals surface area contributed by atoms with E-state index >= 15 is 0 Å². The first kappa shape index (κ1) is 27.0. The molecule has 37 heavy (non-hydrogen) atoms. The summed E-state index contributed by atoms with van der Waals surface area (Å²) in [5.41, 5.74) is 0.922. The van der Waals surface area contributed by atoms with E-state index in [9.17, 15) is 24.0 Å². The van der Waals surface area contributed by atoms with Crippen LogP contribution in [0.1, 0.15) is 86.9 Å². The fourth-order valence-electron chi connectivity index (χ4n) is 5.85. The van der Waals surface area contributed by atoms with E-state index in [1.807, 2.05) is 38.7 Å². The van der Waals surface area contributed by atoms with Gasteiger partial charge in [-0.2, -0.15) is 0 Å². The van der Waals surface area contributed by atoms with Gasteiger partial charge in [-0.3, -0.25) is 19.2 Å². The molecule has 1 saturated carbocycles. The molecule has 1 saturated heterocycles. The number of carbonyl (C=O) groups excluding carboxylic acids is 5. The van der Waals surface area contributed by atoms with E-state index in [1.165, 1.54) is 0 Å². The van der Waals surface area contributed by atoms with E-state index in [1.54, 1.807) is 17.0 Å². The molecule has 0 N–H and O–H groups in total. The van der Waals surface area contributed by atoms with Crippen LogP contribution in [0.15, 0.2) is 18.2 Å². The molecule has 1 heterocycles. The van der Waals surface area contributed by atoms with E-state index in [0.29, 0.717) is 68.7 Å². The molecular formula is C29H38N2O6. The Morgan fingerprint density at radius 3 is 2.27 bits per heavy atom. The fraction of sp³-hybridized carbons (Fsp3) is 0.621. The van der Waals surface area contributed by atoms with Crippen molar-refractivity contribution in [3.8, 4) is 0 Å². The van der Waals surface area contributed by atoms with Crippen molar-refractivity contribution in [2.45, 2.75) is 71.8 Å². The highest BCUT2D eigenvalue weighted by Gasteiger charge is 2.41. The van der Waals surface area contributed by atoms with Crippen molar-refractivity contribution in [3.05, 3.63) is 29.3 Å². The van der Waals surface area contributed by atoms with Crippen molar-refractivity contribution in [1.82, 2.24) is 4.90 Å². The van der Waals surface area contributed by atoms with Gasteiger partial charge in [-0.05, 0) is 46.1 Å². The van der Waals surface area contributed by atoms with Gasteiger partial charge in [0.05, 0.1) is 5.56 Å². The molecule has 1 aliphatic heterocycles. The molecule has 8 nitrogen and oxygen atoms in total. The molecule has 200 valence electrons. The van der Waals surface area contributed by atoms with Gasteiger partial charge >= 0.3 is 6.09 Å². The molecule has 3 aliphatic rings. The lowest BCUT2D eigenvalue weighted by Gasteiger charge is -2.37. The Labute approximate surface area is 218 Å². The van der Waals surface area contributed by atoms with Crippen LogP contribution < -0.4 is 4.90 Å². The molecule has 3 unspecified atom stereocenters. The van der Waals surface area contributed by atoms with Crippen molar-refractivity contribution in [3.63, 3.8) is 0 Å². The number of rotatable bonds is 3. The maximum Gasteiger partial charge on any atom is 0.410 e. The number of hydrogen-bond acceptors (Lipinski definition) is 7. The summed E-state index contributed by atoms with van der Waals surface area (Å²) in [6.45, 7) is 9.34. The highest BCUT2D eigenvalue weighted by atomic mass is 16.6. The number of benzene rings is 1. The summed E-state index contributed by atoms with van der Waals surface area (Å²) in [5.74, 6) is -1.56. The first-order chi connectivity index (χ1) is 17.5. The maximum absolute atomic E-state index is 13.8. The molecule has 0 radical (unpaired) electrons. The molecule has 0 aromatic heterocycles. The standard InChI is InChI=1S/C29H38N2O6/c1-5-18-17-25(34)19(9-11-23(18)32)20-10-12-24(33)26-21(27(20)35)7-6-8-22(26)30-13-15-31(16-14-30)28(36)37-29(2,3)4/h6-8,18-20H,5,9-17H2,1-4H3. The highest BCUT2D eigenvalue weighted by molar-refractivity contribution is 6.15. The van der Waals surface area contributed by atoms with Gasteiger partial charge in [-0.25, -0.2) is 4.79 Å². The van der Waals surface area contributed by atoms with Crippen LogP contribution in [-0.4, -0.2) is 65.9 Å². The number of ketones is 4. The lowest BCUT2D eigenvalue weighted by molar-refractivity contribution is -0.127. The molecule has 0 bridgehead atoms. The van der Waals surface area contributed by atoms with Crippen LogP contribution >= 0.6 is 0 Å². The zero-order chi connectivity index (χ0) is 26.9. The molecular weight excluding hydrogens is 472 g/mol. The summed E-state index contributed by atoms with van der Waals surface area (Å²) in [5, 5.41) is 0. The third-order valence-corrected chi connectivity index (χ3v) is 7.87. The summed E-state index contributed by atoms with van der Waals surface area (Å²) >= 11 is 0. The zero-order valence-corrected chi connectivity index (χ0v) is 22.4. The van der Waals surface area contributed by atoms with Crippen LogP contribution in [0.2, 0.25) is 0 Å². The Morgan fingerprint density at radius 2 is 1.62 bits per heavy atom. The third-order valence-electron chi connectivity index (χ3n) is 7.87. The second kappa shape index (κ2) is 10.8. The van der Waals surface area contributed by atoms with Crippen LogP contribution in [-0.2, 0) is 14.3 Å². The minimum atomic E-state index is -0.583. The summed E-state index contributed by atoms with van der Waals surface area (Å²) < 4.78 is 5.48. The van der Waals surface area contributed by atoms with Gasteiger partial charge in [0.2, 0.25) is 0 Å². The van der Waals surface area contributed by atoms with Crippen molar-refractivity contribution >= 4 is 34.9 Å².